The van der Waals surface area contributed by atoms with Gasteiger partial charge in [0, 0.05) is 18.2 Å². The van der Waals surface area contributed by atoms with Gasteiger partial charge in [-0.2, -0.15) is 0 Å². The van der Waals surface area contributed by atoms with E-state index in [-0.39, 0.29) is 12.8 Å². The van der Waals surface area contributed by atoms with Crippen molar-refractivity contribution in [2.24, 2.45) is 5.73 Å². The summed E-state index contributed by atoms with van der Waals surface area (Å²) in [6, 6.07) is 19.9. The second kappa shape index (κ2) is 13.8. The Morgan fingerprint density at radius 3 is 2.17 bits per heavy atom. The number of carbonyl (C=O) groups is 4. The summed E-state index contributed by atoms with van der Waals surface area (Å²) in [5, 5.41) is 7.60. The third kappa shape index (κ3) is 8.79. The summed E-state index contributed by atoms with van der Waals surface area (Å²) in [7, 11) is 0. The number of alkyl carbamates (subject to hydrolysis) is 1. The molecule has 0 aliphatic carbocycles. The number of rotatable bonds is 11. The molecule has 0 radical (unpaired) electrons. The molecule has 0 aliphatic heterocycles. The molecule has 0 fully saturated rings. The predicted molar refractivity (Wildman–Crippen MR) is 160 cm³/mol. The van der Waals surface area contributed by atoms with Gasteiger partial charge in [0.25, 0.3) is 5.91 Å². The van der Waals surface area contributed by atoms with Crippen LogP contribution in [0, 0.1) is 0 Å². The number of benzene rings is 3. The van der Waals surface area contributed by atoms with Gasteiger partial charge in [-0.05, 0) is 69.0 Å². The van der Waals surface area contributed by atoms with Gasteiger partial charge in [0.2, 0.25) is 11.8 Å². The molecule has 9 nitrogen and oxygen atoms in total. The van der Waals surface area contributed by atoms with Crippen molar-refractivity contribution in [1.29, 1.82) is 0 Å². The lowest BCUT2D eigenvalue weighted by atomic mass is 9.98. The van der Waals surface area contributed by atoms with E-state index in [4.69, 9.17) is 10.5 Å². The zero-order chi connectivity index (χ0) is 30.2. The molecule has 3 aromatic carbocycles. The van der Waals surface area contributed by atoms with Crippen molar-refractivity contribution in [1.82, 2.24) is 10.2 Å². The van der Waals surface area contributed by atoms with Crippen molar-refractivity contribution < 1.29 is 23.9 Å². The van der Waals surface area contributed by atoms with Crippen LogP contribution >= 0.6 is 0 Å². The van der Waals surface area contributed by atoms with Crippen molar-refractivity contribution in [3.05, 3.63) is 78.4 Å². The van der Waals surface area contributed by atoms with E-state index in [1.807, 2.05) is 62.4 Å². The van der Waals surface area contributed by atoms with E-state index in [0.717, 1.165) is 10.8 Å². The number of nitrogens with one attached hydrogen (secondary N) is 2. The fraction of sp³-hybridized carbons (Fsp3) is 0.375. The Hall–Kier alpha value is -4.40. The highest BCUT2D eigenvalue weighted by molar-refractivity contribution is 6.00. The average Bonchev–Trinajstić information content (AvgIpc) is 2.92. The Kier molecular flexibility index (Phi) is 10.5. The summed E-state index contributed by atoms with van der Waals surface area (Å²) in [5.41, 5.74) is 5.78. The minimum atomic E-state index is -1.15. The summed E-state index contributed by atoms with van der Waals surface area (Å²) in [6.07, 6.45) is -0.456. The van der Waals surface area contributed by atoms with Crippen molar-refractivity contribution in [3.63, 3.8) is 0 Å². The molecule has 4 N–H and O–H groups in total. The summed E-state index contributed by atoms with van der Waals surface area (Å²) >= 11 is 0. The van der Waals surface area contributed by atoms with E-state index in [1.165, 1.54) is 4.90 Å². The number of hydrogen-bond donors (Lipinski definition) is 3. The molecular weight excluding hydrogens is 520 g/mol. The molecule has 4 amide bonds. The van der Waals surface area contributed by atoms with Gasteiger partial charge < -0.3 is 26.0 Å². The zero-order valence-electron chi connectivity index (χ0n) is 24.3. The van der Waals surface area contributed by atoms with Crippen LogP contribution in [0.4, 0.5) is 10.5 Å². The largest absolute Gasteiger partial charge is 0.444 e. The smallest absolute Gasteiger partial charge is 0.408 e. The van der Waals surface area contributed by atoms with Crippen LogP contribution in [0.5, 0.6) is 0 Å². The number of nitrogens with zero attached hydrogens (tertiary/aromatic N) is 1. The predicted octanol–water partition coefficient (Wildman–Crippen LogP) is 5.31. The fourth-order valence-electron chi connectivity index (χ4n) is 4.52. The Balaban J connectivity index is 2.02. The first-order chi connectivity index (χ1) is 19.4. The quantitative estimate of drug-likeness (QED) is 0.293. The molecule has 0 aromatic heterocycles. The summed E-state index contributed by atoms with van der Waals surface area (Å²) in [5.74, 6) is -1.54. The molecule has 3 unspecified atom stereocenters. The van der Waals surface area contributed by atoms with Crippen molar-refractivity contribution in [3.8, 4) is 0 Å². The maximum absolute atomic E-state index is 14.2. The standard InChI is InChI=1S/C32H40N4O5/c1-6-21(2)36(30(39)26(18-19-27(33)37)35-31(40)41-32(3,4)5)28(23-13-8-7-9-14-23)29(38)34-25-17-16-22-12-10-11-15-24(22)20-25/h7-17,20-21,26,28H,6,18-19H2,1-5H3,(H2,33,37)(H,34,38)(H,35,40). The lowest BCUT2D eigenvalue weighted by Gasteiger charge is -2.38. The van der Waals surface area contributed by atoms with Crippen LogP contribution in [-0.4, -0.2) is 46.4 Å². The lowest BCUT2D eigenvalue weighted by molar-refractivity contribution is -0.143. The van der Waals surface area contributed by atoms with E-state index in [9.17, 15) is 19.2 Å². The molecule has 0 aliphatic rings. The van der Waals surface area contributed by atoms with Gasteiger partial charge in [-0.1, -0.05) is 67.6 Å². The monoisotopic (exact) mass is 560 g/mol. The highest BCUT2D eigenvalue weighted by atomic mass is 16.6. The van der Waals surface area contributed by atoms with Gasteiger partial charge in [-0.15, -0.1) is 0 Å². The lowest BCUT2D eigenvalue weighted by Crippen LogP contribution is -2.55. The van der Waals surface area contributed by atoms with Crippen LogP contribution in [0.1, 0.15) is 65.5 Å². The molecule has 3 rings (SSSR count). The van der Waals surface area contributed by atoms with E-state index >= 15 is 0 Å². The SMILES string of the molecule is CCC(C)N(C(=O)C(CCC(N)=O)NC(=O)OC(C)(C)C)C(C(=O)Nc1ccc2ccccc2c1)c1ccccc1. The second-order valence-electron chi connectivity index (χ2n) is 11.1. The number of carbonyl (C=O) groups excluding carboxylic acids is 4. The Morgan fingerprint density at radius 1 is 0.927 bits per heavy atom. The molecule has 218 valence electrons. The molecule has 0 saturated heterocycles. The number of anilines is 1. The molecule has 41 heavy (non-hydrogen) atoms. The minimum Gasteiger partial charge on any atom is -0.444 e. The zero-order valence-corrected chi connectivity index (χ0v) is 24.3. The third-order valence-electron chi connectivity index (χ3n) is 6.65. The van der Waals surface area contributed by atoms with Crippen LogP contribution < -0.4 is 16.4 Å². The van der Waals surface area contributed by atoms with Gasteiger partial charge in [-0.25, -0.2) is 4.79 Å². The van der Waals surface area contributed by atoms with E-state index in [0.29, 0.717) is 17.7 Å². The molecule has 0 saturated carbocycles. The van der Waals surface area contributed by atoms with Gasteiger partial charge in [0.1, 0.15) is 17.7 Å². The highest BCUT2D eigenvalue weighted by Gasteiger charge is 2.38. The van der Waals surface area contributed by atoms with Crippen molar-refractivity contribution in [2.45, 2.75) is 77.6 Å². The number of nitrogens with two attached hydrogens (primary N) is 1. The van der Waals surface area contributed by atoms with Gasteiger partial charge in [0.05, 0.1) is 0 Å². The first-order valence-electron chi connectivity index (χ1n) is 13.8. The summed E-state index contributed by atoms with van der Waals surface area (Å²) in [4.78, 5) is 54.1. The van der Waals surface area contributed by atoms with E-state index < -0.39 is 47.5 Å². The van der Waals surface area contributed by atoms with E-state index in [2.05, 4.69) is 10.6 Å². The van der Waals surface area contributed by atoms with Gasteiger partial charge in [-0.3, -0.25) is 14.4 Å². The van der Waals surface area contributed by atoms with Gasteiger partial charge in [0.15, 0.2) is 0 Å². The van der Waals surface area contributed by atoms with Gasteiger partial charge >= 0.3 is 6.09 Å². The topological polar surface area (TPSA) is 131 Å². The molecule has 0 bridgehead atoms. The van der Waals surface area contributed by atoms with Crippen molar-refractivity contribution in [2.75, 3.05) is 5.32 Å². The Bertz CT molecular complexity index is 1370. The van der Waals surface area contributed by atoms with Crippen molar-refractivity contribution >= 4 is 40.3 Å². The normalized spacial score (nSPS) is 13.5. The average molecular weight is 561 g/mol. The minimum absolute atomic E-state index is 0.0475. The number of ether oxygens (including phenoxy) is 1. The van der Waals surface area contributed by atoms with Crippen LogP contribution in [0.3, 0.4) is 0 Å². The summed E-state index contributed by atoms with van der Waals surface area (Å²) < 4.78 is 5.38. The number of amides is 4. The fourth-order valence-corrected chi connectivity index (χ4v) is 4.52. The Morgan fingerprint density at radius 2 is 1.56 bits per heavy atom. The maximum atomic E-state index is 14.2. The molecular formula is C32H40N4O5. The molecule has 9 heteroatoms. The number of primary amides is 1. The molecule has 3 aromatic rings. The molecule has 0 heterocycles. The third-order valence-corrected chi connectivity index (χ3v) is 6.65. The number of hydrogen-bond acceptors (Lipinski definition) is 5. The van der Waals surface area contributed by atoms with Crippen LogP contribution in [-0.2, 0) is 19.1 Å². The summed E-state index contributed by atoms with van der Waals surface area (Å²) in [6.45, 7) is 8.88. The second-order valence-corrected chi connectivity index (χ2v) is 11.1. The first kappa shape index (κ1) is 31.1. The van der Waals surface area contributed by atoms with Crippen LogP contribution in [0.2, 0.25) is 0 Å². The highest BCUT2D eigenvalue weighted by Crippen LogP contribution is 2.29. The van der Waals surface area contributed by atoms with Crippen LogP contribution in [0.15, 0.2) is 72.8 Å². The van der Waals surface area contributed by atoms with E-state index in [1.54, 1.807) is 45.0 Å². The first-order valence-corrected chi connectivity index (χ1v) is 13.8. The maximum Gasteiger partial charge on any atom is 0.408 e. The Labute approximate surface area is 241 Å². The molecule has 3 atom stereocenters. The van der Waals surface area contributed by atoms with Crippen LogP contribution in [0.25, 0.3) is 10.8 Å². The number of fused-ring (bicyclic) bond motifs is 1. The molecule has 0 spiro atoms.